The van der Waals surface area contributed by atoms with Gasteiger partial charge in [0.1, 0.15) is 5.78 Å². The predicted octanol–water partition coefficient (Wildman–Crippen LogP) is 5.00. The molecule has 0 aliphatic heterocycles. The van der Waals surface area contributed by atoms with Crippen LogP contribution in [0.2, 0.25) is 0 Å². The quantitative estimate of drug-likeness (QED) is 0.739. The van der Waals surface area contributed by atoms with Crippen LogP contribution in [0.15, 0.2) is 6.08 Å². The van der Waals surface area contributed by atoms with E-state index in [1.807, 2.05) is 0 Å². The first kappa shape index (κ1) is 15.0. The molecule has 20 heavy (non-hydrogen) atoms. The van der Waals surface area contributed by atoms with Crippen molar-refractivity contribution in [3.05, 3.63) is 39.5 Å². The van der Waals surface area contributed by atoms with Crippen molar-refractivity contribution in [1.82, 2.24) is 0 Å². The fraction of sp³-hybridized carbons (Fsp3) is 0.526. The van der Waals surface area contributed by atoms with E-state index in [4.69, 9.17) is 0 Å². The van der Waals surface area contributed by atoms with Crippen molar-refractivity contribution in [2.24, 2.45) is 5.92 Å². The first-order chi connectivity index (χ1) is 9.41. The van der Waals surface area contributed by atoms with Crippen LogP contribution in [0.3, 0.4) is 0 Å². The molecular formula is C19H26O. The van der Waals surface area contributed by atoms with Crippen molar-refractivity contribution in [2.75, 3.05) is 0 Å². The Morgan fingerprint density at radius 1 is 0.800 bits per heavy atom. The molecule has 0 heterocycles. The van der Waals surface area contributed by atoms with Gasteiger partial charge in [0.2, 0.25) is 0 Å². The molecule has 0 N–H and O–H groups in total. The van der Waals surface area contributed by atoms with Gasteiger partial charge in [-0.3, -0.25) is 4.79 Å². The Morgan fingerprint density at radius 3 is 1.75 bits per heavy atom. The van der Waals surface area contributed by atoms with Crippen LogP contribution in [0.1, 0.15) is 59.1 Å². The second-order valence-electron chi connectivity index (χ2n) is 6.27. The molecule has 0 amide bonds. The lowest BCUT2D eigenvalue weighted by Crippen LogP contribution is -2.11. The number of carbonyl (C=O) groups excluding carboxylic acids is 1. The average molecular weight is 270 g/mol. The standard InChI is InChI=1S/C19H26O/c1-12-13(2)15(4)19(16(5)14(12)3)11-8-17-6-9-18(20)10-7-17/h8,11,17H,6-7,9-10H2,1-5H3/b11-8+. The van der Waals surface area contributed by atoms with Gasteiger partial charge in [0.05, 0.1) is 0 Å². The Morgan fingerprint density at radius 2 is 1.25 bits per heavy atom. The molecule has 0 unspecified atom stereocenters. The Bertz CT molecular complexity index is 525. The fourth-order valence-corrected chi connectivity index (χ4v) is 3.17. The molecule has 108 valence electrons. The summed E-state index contributed by atoms with van der Waals surface area (Å²) in [4.78, 5) is 11.3. The van der Waals surface area contributed by atoms with Crippen LogP contribution in [0.4, 0.5) is 0 Å². The third kappa shape index (κ3) is 2.87. The van der Waals surface area contributed by atoms with Crippen molar-refractivity contribution in [1.29, 1.82) is 0 Å². The summed E-state index contributed by atoms with van der Waals surface area (Å²) in [6.45, 7) is 11.1. The van der Waals surface area contributed by atoms with Crippen LogP contribution in [0.5, 0.6) is 0 Å². The average Bonchev–Trinajstić information content (AvgIpc) is 2.45. The normalized spacial score (nSPS) is 17.1. The van der Waals surface area contributed by atoms with Crippen LogP contribution in [0, 0.1) is 40.5 Å². The number of ketones is 1. The van der Waals surface area contributed by atoms with Gasteiger partial charge in [-0.2, -0.15) is 0 Å². The number of allylic oxidation sites excluding steroid dienone is 1. The van der Waals surface area contributed by atoms with E-state index >= 15 is 0 Å². The highest BCUT2D eigenvalue weighted by molar-refractivity contribution is 5.79. The molecule has 1 aromatic rings. The zero-order valence-corrected chi connectivity index (χ0v) is 13.5. The van der Waals surface area contributed by atoms with Crippen molar-refractivity contribution in [3.8, 4) is 0 Å². The lowest BCUT2D eigenvalue weighted by molar-refractivity contribution is -0.120. The largest absolute Gasteiger partial charge is 0.300 e. The van der Waals surface area contributed by atoms with E-state index in [0.29, 0.717) is 11.7 Å². The van der Waals surface area contributed by atoms with Gasteiger partial charge in [-0.05, 0) is 86.8 Å². The van der Waals surface area contributed by atoms with E-state index in [-0.39, 0.29) is 0 Å². The van der Waals surface area contributed by atoms with Gasteiger partial charge < -0.3 is 0 Å². The van der Waals surface area contributed by atoms with E-state index in [1.54, 1.807) is 0 Å². The maximum absolute atomic E-state index is 11.3. The monoisotopic (exact) mass is 270 g/mol. The van der Waals surface area contributed by atoms with Crippen LogP contribution < -0.4 is 0 Å². The molecule has 0 aromatic heterocycles. The van der Waals surface area contributed by atoms with Crippen molar-refractivity contribution < 1.29 is 4.79 Å². The van der Waals surface area contributed by atoms with E-state index < -0.39 is 0 Å². The van der Waals surface area contributed by atoms with Crippen LogP contribution in [-0.2, 0) is 4.79 Å². The maximum Gasteiger partial charge on any atom is 0.132 e. The highest BCUT2D eigenvalue weighted by Gasteiger charge is 2.16. The van der Waals surface area contributed by atoms with Gasteiger partial charge in [-0.15, -0.1) is 0 Å². The van der Waals surface area contributed by atoms with E-state index in [0.717, 1.165) is 25.7 Å². The van der Waals surface area contributed by atoms with Crippen LogP contribution in [0.25, 0.3) is 6.08 Å². The molecule has 1 saturated carbocycles. The Balaban J connectivity index is 2.27. The highest BCUT2D eigenvalue weighted by atomic mass is 16.1. The molecule has 0 radical (unpaired) electrons. The summed E-state index contributed by atoms with van der Waals surface area (Å²) >= 11 is 0. The van der Waals surface area contributed by atoms with Crippen molar-refractivity contribution in [3.63, 3.8) is 0 Å². The summed E-state index contributed by atoms with van der Waals surface area (Å²) in [7, 11) is 0. The topological polar surface area (TPSA) is 17.1 Å². The smallest absolute Gasteiger partial charge is 0.132 e. The Labute approximate surface area is 123 Å². The molecule has 0 bridgehead atoms. The van der Waals surface area contributed by atoms with Gasteiger partial charge in [0.15, 0.2) is 0 Å². The third-order valence-corrected chi connectivity index (χ3v) is 5.18. The summed E-state index contributed by atoms with van der Waals surface area (Å²) in [5.41, 5.74) is 8.41. The number of hydrogen-bond donors (Lipinski definition) is 0. The van der Waals surface area contributed by atoms with E-state index in [1.165, 1.54) is 33.4 Å². The number of Topliss-reactive ketones (excluding diaryl/α,β-unsaturated/α-hetero) is 1. The lowest BCUT2D eigenvalue weighted by atomic mass is 9.86. The highest BCUT2D eigenvalue weighted by Crippen LogP contribution is 2.29. The minimum absolute atomic E-state index is 0.434. The summed E-state index contributed by atoms with van der Waals surface area (Å²) in [5, 5.41) is 0. The molecule has 2 rings (SSSR count). The molecule has 1 aliphatic rings. The first-order valence-electron chi connectivity index (χ1n) is 7.68. The van der Waals surface area contributed by atoms with Crippen LogP contribution >= 0.6 is 0 Å². The summed E-state index contributed by atoms with van der Waals surface area (Å²) in [5.74, 6) is 1.01. The maximum atomic E-state index is 11.3. The minimum Gasteiger partial charge on any atom is -0.300 e. The molecular weight excluding hydrogens is 244 g/mol. The molecule has 0 atom stereocenters. The SMILES string of the molecule is Cc1c(C)c(C)c(/C=C/C2CCC(=O)CC2)c(C)c1C. The number of rotatable bonds is 2. The number of carbonyl (C=O) groups is 1. The van der Waals surface area contributed by atoms with Gasteiger partial charge in [0.25, 0.3) is 0 Å². The predicted molar refractivity (Wildman–Crippen MR) is 86.1 cm³/mol. The second kappa shape index (κ2) is 5.95. The van der Waals surface area contributed by atoms with E-state index in [2.05, 4.69) is 46.8 Å². The number of benzene rings is 1. The van der Waals surface area contributed by atoms with Crippen molar-refractivity contribution in [2.45, 2.75) is 60.3 Å². The molecule has 0 saturated heterocycles. The zero-order valence-electron chi connectivity index (χ0n) is 13.5. The second-order valence-corrected chi connectivity index (χ2v) is 6.27. The molecule has 1 fully saturated rings. The van der Waals surface area contributed by atoms with Crippen LogP contribution in [-0.4, -0.2) is 5.78 Å². The minimum atomic E-state index is 0.434. The van der Waals surface area contributed by atoms with Gasteiger partial charge in [0, 0.05) is 12.8 Å². The Kier molecular flexibility index (Phi) is 4.47. The number of hydrogen-bond acceptors (Lipinski definition) is 1. The summed E-state index contributed by atoms with van der Waals surface area (Å²) in [6, 6.07) is 0. The lowest BCUT2D eigenvalue weighted by Gasteiger charge is -2.19. The molecule has 1 aliphatic carbocycles. The third-order valence-electron chi connectivity index (χ3n) is 5.18. The molecule has 0 spiro atoms. The van der Waals surface area contributed by atoms with Gasteiger partial charge in [-0.1, -0.05) is 12.2 Å². The molecule has 1 heteroatoms. The Hall–Kier alpha value is -1.37. The zero-order chi connectivity index (χ0) is 14.9. The molecule has 1 aromatic carbocycles. The fourth-order valence-electron chi connectivity index (χ4n) is 3.17. The van der Waals surface area contributed by atoms with E-state index in [9.17, 15) is 4.79 Å². The summed E-state index contributed by atoms with van der Waals surface area (Å²) < 4.78 is 0. The first-order valence-corrected chi connectivity index (χ1v) is 7.68. The molecule has 1 nitrogen and oxygen atoms in total. The van der Waals surface area contributed by atoms with Gasteiger partial charge >= 0.3 is 0 Å². The van der Waals surface area contributed by atoms with Crippen molar-refractivity contribution >= 4 is 11.9 Å². The summed E-state index contributed by atoms with van der Waals surface area (Å²) in [6.07, 6.45) is 8.20. The van der Waals surface area contributed by atoms with Gasteiger partial charge in [-0.25, -0.2) is 0 Å².